The van der Waals surface area contributed by atoms with Crippen molar-refractivity contribution in [1.82, 2.24) is 14.8 Å². The molecule has 0 aliphatic rings. The Labute approximate surface area is 176 Å². The van der Waals surface area contributed by atoms with Gasteiger partial charge >= 0.3 is 6.01 Å². The SMILES string of the molecule is CCOCCOc1nc(-c2cccc(Cl)c2)n(C(=O)c2ccc(Cl)cc2Cl)n1. The molecule has 3 rings (SSSR count). The number of rotatable bonds is 7. The standard InChI is InChI=1S/C19H16Cl3N3O3/c1-2-27-8-9-28-19-23-17(12-4-3-5-13(20)10-12)25(24-19)18(26)15-7-6-14(21)11-16(15)22/h3-7,10-11H,2,8-9H2,1H3. The summed E-state index contributed by atoms with van der Waals surface area (Å²) in [7, 11) is 0. The number of nitrogens with zero attached hydrogens (tertiary/aromatic N) is 3. The smallest absolute Gasteiger partial charge is 0.336 e. The van der Waals surface area contributed by atoms with Crippen LogP contribution in [0.3, 0.4) is 0 Å². The van der Waals surface area contributed by atoms with Crippen molar-refractivity contribution in [2.75, 3.05) is 19.8 Å². The van der Waals surface area contributed by atoms with Crippen molar-refractivity contribution in [3.8, 4) is 17.4 Å². The maximum atomic E-state index is 13.1. The van der Waals surface area contributed by atoms with E-state index < -0.39 is 5.91 Å². The molecule has 146 valence electrons. The monoisotopic (exact) mass is 439 g/mol. The molecule has 0 fully saturated rings. The molecular weight excluding hydrogens is 425 g/mol. The number of carbonyl (C=O) groups is 1. The lowest BCUT2D eigenvalue weighted by Gasteiger charge is -2.07. The predicted molar refractivity (Wildman–Crippen MR) is 109 cm³/mol. The van der Waals surface area contributed by atoms with Crippen molar-refractivity contribution in [3.05, 3.63) is 63.1 Å². The summed E-state index contributed by atoms with van der Waals surface area (Å²) >= 11 is 18.2. The molecule has 1 heterocycles. The molecule has 0 spiro atoms. The molecule has 0 bridgehead atoms. The first-order valence-electron chi connectivity index (χ1n) is 8.43. The van der Waals surface area contributed by atoms with Gasteiger partial charge in [0.2, 0.25) is 0 Å². The minimum Gasteiger partial charge on any atom is -0.460 e. The van der Waals surface area contributed by atoms with Gasteiger partial charge in [-0.05, 0) is 37.3 Å². The maximum absolute atomic E-state index is 13.1. The van der Waals surface area contributed by atoms with Crippen LogP contribution in [0.5, 0.6) is 6.01 Å². The fraction of sp³-hybridized carbons (Fsp3) is 0.211. The first kappa shape index (κ1) is 20.6. The van der Waals surface area contributed by atoms with E-state index in [1.807, 2.05) is 6.92 Å². The Morgan fingerprint density at radius 1 is 1.07 bits per heavy atom. The number of hydrogen-bond acceptors (Lipinski definition) is 5. The number of benzene rings is 2. The molecule has 0 saturated carbocycles. The third-order valence-corrected chi connectivity index (χ3v) is 4.47. The minimum absolute atomic E-state index is 0.0492. The summed E-state index contributed by atoms with van der Waals surface area (Å²) < 4.78 is 11.9. The fourth-order valence-corrected chi connectivity index (χ4v) is 3.10. The molecule has 0 unspecified atom stereocenters. The van der Waals surface area contributed by atoms with Crippen molar-refractivity contribution in [2.24, 2.45) is 0 Å². The zero-order chi connectivity index (χ0) is 20.1. The quantitative estimate of drug-likeness (QED) is 0.483. The third kappa shape index (κ3) is 4.83. The lowest BCUT2D eigenvalue weighted by molar-refractivity contribution is 0.0938. The summed E-state index contributed by atoms with van der Waals surface area (Å²) in [5, 5.41) is 5.34. The van der Waals surface area contributed by atoms with Gasteiger partial charge in [0.1, 0.15) is 6.61 Å². The van der Waals surface area contributed by atoms with Crippen LogP contribution in [0.25, 0.3) is 11.4 Å². The van der Waals surface area contributed by atoms with Gasteiger partial charge in [-0.2, -0.15) is 9.67 Å². The molecule has 0 radical (unpaired) electrons. The van der Waals surface area contributed by atoms with Gasteiger partial charge in [-0.15, -0.1) is 5.10 Å². The summed E-state index contributed by atoms with van der Waals surface area (Å²) in [6.45, 7) is 3.10. The summed E-state index contributed by atoms with van der Waals surface area (Å²) in [6.07, 6.45) is 0. The van der Waals surface area contributed by atoms with Crippen LogP contribution in [0, 0.1) is 0 Å². The molecule has 0 N–H and O–H groups in total. The van der Waals surface area contributed by atoms with E-state index in [1.54, 1.807) is 30.3 Å². The molecule has 9 heteroatoms. The fourth-order valence-electron chi connectivity index (χ4n) is 2.42. The zero-order valence-corrected chi connectivity index (χ0v) is 17.1. The van der Waals surface area contributed by atoms with Gasteiger partial charge in [-0.3, -0.25) is 4.79 Å². The Kier molecular flexibility index (Phi) is 6.91. The maximum Gasteiger partial charge on any atom is 0.336 e. The molecule has 2 aromatic carbocycles. The topological polar surface area (TPSA) is 66.2 Å². The van der Waals surface area contributed by atoms with Gasteiger partial charge in [-0.25, -0.2) is 0 Å². The average Bonchev–Trinajstić information content (AvgIpc) is 3.09. The summed E-state index contributed by atoms with van der Waals surface area (Å²) in [5.74, 6) is -0.186. The van der Waals surface area contributed by atoms with Crippen molar-refractivity contribution >= 4 is 40.7 Å². The predicted octanol–water partition coefficient (Wildman–Crippen LogP) is 5.01. The van der Waals surface area contributed by atoms with Crippen molar-refractivity contribution in [1.29, 1.82) is 0 Å². The summed E-state index contributed by atoms with van der Waals surface area (Å²) in [6, 6.07) is 11.6. The van der Waals surface area contributed by atoms with E-state index in [0.717, 1.165) is 4.68 Å². The summed E-state index contributed by atoms with van der Waals surface area (Å²) in [4.78, 5) is 17.4. The van der Waals surface area contributed by atoms with Crippen LogP contribution < -0.4 is 4.74 Å². The van der Waals surface area contributed by atoms with E-state index in [4.69, 9.17) is 44.3 Å². The highest BCUT2D eigenvalue weighted by Crippen LogP contribution is 2.26. The average molecular weight is 441 g/mol. The highest BCUT2D eigenvalue weighted by molar-refractivity contribution is 6.36. The van der Waals surface area contributed by atoms with Crippen molar-refractivity contribution in [2.45, 2.75) is 6.92 Å². The molecule has 0 aliphatic heterocycles. The normalized spacial score (nSPS) is 10.9. The Bertz CT molecular complexity index is 992. The van der Waals surface area contributed by atoms with Gasteiger partial charge in [0.05, 0.1) is 17.2 Å². The minimum atomic E-state index is -0.469. The lowest BCUT2D eigenvalue weighted by atomic mass is 10.2. The van der Waals surface area contributed by atoms with Gasteiger partial charge in [0.25, 0.3) is 5.91 Å². The molecule has 6 nitrogen and oxygen atoms in total. The molecule has 0 amide bonds. The number of aromatic nitrogens is 3. The van der Waals surface area contributed by atoms with Crippen LogP contribution >= 0.6 is 34.8 Å². The van der Waals surface area contributed by atoms with E-state index in [2.05, 4.69) is 10.1 Å². The number of hydrogen-bond donors (Lipinski definition) is 0. The molecule has 1 aromatic heterocycles. The first-order valence-corrected chi connectivity index (χ1v) is 9.56. The molecule has 0 aliphatic carbocycles. The van der Waals surface area contributed by atoms with Gasteiger partial charge < -0.3 is 9.47 Å². The summed E-state index contributed by atoms with van der Waals surface area (Å²) in [5.41, 5.74) is 0.846. The second kappa shape index (κ2) is 9.39. The van der Waals surface area contributed by atoms with Crippen LogP contribution in [-0.2, 0) is 4.74 Å². The van der Waals surface area contributed by atoms with Crippen molar-refractivity contribution in [3.63, 3.8) is 0 Å². The Balaban J connectivity index is 1.99. The number of carbonyl (C=O) groups excluding carboxylic acids is 1. The Hall–Kier alpha value is -2.12. The number of ether oxygens (including phenoxy) is 2. The van der Waals surface area contributed by atoms with Crippen LogP contribution in [0.4, 0.5) is 0 Å². The highest BCUT2D eigenvalue weighted by Gasteiger charge is 2.22. The van der Waals surface area contributed by atoms with Gasteiger partial charge in [0.15, 0.2) is 5.82 Å². The van der Waals surface area contributed by atoms with Crippen LogP contribution in [0.2, 0.25) is 15.1 Å². The van der Waals surface area contributed by atoms with Crippen LogP contribution in [0.1, 0.15) is 17.3 Å². The van der Waals surface area contributed by atoms with Crippen LogP contribution in [0.15, 0.2) is 42.5 Å². The van der Waals surface area contributed by atoms with Gasteiger partial charge in [0, 0.05) is 22.2 Å². The molecule has 28 heavy (non-hydrogen) atoms. The second-order valence-electron chi connectivity index (χ2n) is 5.61. The largest absolute Gasteiger partial charge is 0.460 e. The Morgan fingerprint density at radius 3 is 2.57 bits per heavy atom. The molecule has 0 saturated heterocycles. The molecular formula is C19H16Cl3N3O3. The zero-order valence-electron chi connectivity index (χ0n) is 14.9. The van der Waals surface area contributed by atoms with Gasteiger partial charge in [-0.1, -0.05) is 46.9 Å². The molecule has 3 aromatic rings. The second-order valence-corrected chi connectivity index (χ2v) is 6.89. The first-order chi connectivity index (χ1) is 13.5. The van der Waals surface area contributed by atoms with Crippen LogP contribution in [-0.4, -0.2) is 40.5 Å². The molecule has 0 atom stereocenters. The third-order valence-electron chi connectivity index (χ3n) is 3.69. The van der Waals surface area contributed by atoms with E-state index in [-0.39, 0.29) is 29.0 Å². The highest BCUT2D eigenvalue weighted by atomic mass is 35.5. The number of halogens is 3. The van der Waals surface area contributed by atoms with E-state index in [0.29, 0.717) is 28.8 Å². The van der Waals surface area contributed by atoms with E-state index in [9.17, 15) is 4.79 Å². The van der Waals surface area contributed by atoms with Crippen molar-refractivity contribution < 1.29 is 14.3 Å². The lowest BCUT2D eigenvalue weighted by Crippen LogP contribution is -2.16. The Morgan fingerprint density at radius 2 is 1.86 bits per heavy atom. The van der Waals surface area contributed by atoms with E-state index >= 15 is 0 Å². The van der Waals surface area contributed by atoms with E-state index in [1.165, 1.54) is 12.1 Å².